The van der Waals surface area contributed by atoms with Crippen LogP contribution in [0.15, 0.2) is 0 Å². The topological polar surface area (TPSA) is 12.0 Å². The Morgan fingerprint density at radius 1 is 1.42 bits per heavy atom. The lowest BCUT2D eigenvalue weighted by Crippen LogP contribution is -2.35. The fraction of sp³-hybridized carbons (Fsp3) is 0.818. The Hall–Kier alpha value is -0.480. The average Bonchev–Trinajstić information content (AvgIpc) is 1.96. The molecule has 0 spiro atoms. The molecular weight excluding hydrogens is 146 g/mol. The first-order valence-electron chi connectivity index (χ1n) is 4.66. The molecule has 0 fully saturated rings. The van der Waals surface area contributed by atoms with Crippen LogP contribution in [0, 0.1) is 17.8 Å². The van der Waals surface area contributed by atoms with Crippen molar-refractivity contribution >= 4 is 0 Å². The van der Waals surface area contributed by atoms with Crippen molar-refractivity contribution in [2.75, 3.05) is 6.54 Å². The molecule has 0 aliphatic rings. The molecule has 0 aromatic heterocycles. The highest BCUT2D eigenvalue weighted by molar-refractivity contribution is 4.89. The molecule has 0 aromatic rings. The van der Waals surface area contributed by atoms with Crippen molar-refractivity contribution < 1.29 is 0 Å². The molecule has 1 unspecified atom stereocenters. The second kappa shape index (κ2) is 5.22. The van der Waals surface area contributed by atoms with Crippen LogP contribution in [0.1, 0.15) is 40.5 Å². The molecule has 12 heavy (non-hydrogen) atoms. The molecule has 0 bridgehead atoms. The first-order chi connectivity index (χ1) is 5.49. The fourth-order valence-electron chi connectivity index (χ4n) is 0.954. The molecule has 0 rings (SSSR count). The van der Waals surface area contributed by atoms with Gasteiger partial charge in [0.2, 0.25) is 0 Å². The summed E-state index contributed by atoms with van der Waals surface area (Å²) in [5.74, 6) is 2.69. The van der Waals surface area contributed by atoms with E-state index in [1.807, 2.05) is 0 Å². The van der Waals surface area contributed by atoms with Crippen LogP contribution >= 0.6 is 0 Å². The normalized spacial score (nSPS) is 13.9. The van der Waals surface area contributed by atoms with Gasteiger partial charge in [0.05, 0.1) is 0 Å². The summed E-state index contributed by atoms with van der Waals surface area (Å²) in [6.45, 7) is 9.87. The lowest BCUT2D eigenvalue weighted by Gasteiger charge is -2.23. The van der Waals surface area contributed by atoms with E-state index in [9.17, 15) is 0 Å². The van der Waals surface area contributed by atoms with E-state index in [1.54, 1.807) is 0 Å². The Bertz CT molecular complexity index is 147. The predicted octanol–water partition coefficient (Wildman–Crippen LogP) is 2.42. The van der Waals surface area contributed by atoms with Gasteiger partial charge in [0, 0.05) is 19.0 Å². The quantitative estimate of drug-likeness (QED) is 0.634. The van der Waals surface area contributed by atoms with Gasteiger partial charge < -0.3 is 5.32 Å². The highest BCUT2D eigenvalue weighted by Crippen LogP contribution is 2.11. The summed E-state index contributed by atoms with van der Waals surface area (Å²) >= 11 is 0. The lowest BCUT2D eigenvalue weighted by molar-refractivity contribution is 0.348. The van der Waals surface area contributed by atoms with Crippen molar-refractivity contribution in [3.8, 4) is 12.3 Å². The van der Waals surface area contributed by atoms with Crippen LogP contribution in [0.5, 0.6) is 0 Å². The van der Waals surface area contributed by atoms with Gasteiger partial charge in [0.15, 0.2) is 0 Å². The van der Waals surface area contributed by atoms with Gasteiger partial charge in [-0.3, -0.25) is 0 Å². The third-order valence-corrected chi connectivity index (χ3v) is 1.78. The minimum Gasteiger partial charge on any atom is -0.313 e. The maximum atomic E-state index is 5.25. The van der Waals surface area contributed by atoms with E-state index in [0.717, 1.165) is 19.4 Å². The SMILES string of the molecule is C#CCC(CC)NCC(C)(C)C. The van der Waals surface area contributed by atoms with E-state index < -0.39 is 0 Å². The van der Waals surface area contributed by atoms with Crippen molar-refractivity contribution in [1.29, 1.82) is 0 Å². The first kappa shape index (κ1) is 11.5. The molecule has 0 aromatic carbocycles. The van der Waals surface area contributed by atoms with Crippen LogP contribution in [-0.4, -0.2) is 12.6 Å². The molecule has 0 radical (unpaired) electrons. The Balaban J connectivity index is 3.67. The van der Waals surface area contributed by atoms with Gasteiger partial charge in [-0.1, -0.05) is 27.7 Å². The summed E-state index contributed by atoms with van der Waals surface area (Å²) in [6, 6.07) is 0.495. The van der Waals surface area contributed by atoms with Crippen molar-refractivity contribution in [3.63, 3.8) is 0 Å². The van der Waals surface area contributed by atoms with Gasteiger partial charge in [-0.25, -0.2) is 0 Å². The van der Waals surface area contributed by atoms with E-state index >= 15 is 0 Å². The van der Waals surface area contributed by atoms with E-state index in [1.165, 1.54) is 0 Å². The van der Waals surface area contributed by atoms with Crippen molar-refractivity contribution in [3.05, 3.63) is 0 Å². The molecule has 0 aliphatic heterocycles. The van der Waals surface area contributed by atoms with Gasteiger partial charge in [0.1, 0.15) is 0 Å². The summed E-state index contributed by atoms with van der Waals surface area (Å²) in [5.41, 5.74) is 0.349. The van der Waals surface area contributed by atoms with Crippen molar-refractivity contribution in [1.82, 2.24) is 5.32 Å². The minimum atomic E-state index is 0.349. The number of nitrogens with one attached hydrogen (secondary N) is 1. The Morgan fingerprint density at radius 2 is 2.00 bits per heavy atom. The summed E-state index contributed by atoms with van der Waals surface area (Å²) in [5, 5.41) is 3.47. The smallest absolute Gasteiger partial charge is 0.0240 e. The van der Waals surface area contributed by atoms with Crippen LogP contribution in [0.2, 0.25) is 0 Å². The molecule has 0 heterocycles. The van der Waals surface area contributed by atoms with Gasteiger partial charge in [-0.05, 0) is 11.8 Å². The third-order valence-electron chi connectivity index (χ3n) is 1.78. The lowest BCUT2D eigenvalue weighted by atomic mass is 9.96. The van der Waals surface area contributed by atoms with E-state index in [4.69, 9.17) is 6.42 Å². The van der Waals surface area contributed by atoms with Crippen LogP contribution in [0.4, 0.5) is 0 Å². The van der Waals surface area contributed by atoms with Gasteiger partial charge in [-0.2, -0.15) is 0 Å². The zero-order valence-corrected chi connectivity index (χ0v) is 8.78. The molecule has 70 valence electrons. The van der Waals surface area contributed by atoms with Crippen LogP contribution in [-0.2, 0) is 0 Å². The third kappa shape index (κ3) is 6.24. The molecule has 1 atom stereocenters. The van der Waals surface area contributed by atoms with E-state index in [0.29, 0.717) is 11.5 Å². The first-order valence-corrected chi connectivity index (χ1v) is 4.66. The summed E-state index contributed by atoms with van der Waals surface area (Å²) < 4.78 is 0. The highest BCUT2D eigenvalue weighted by atomic mass is 14.9. The van der Waals surface area contributed by atoms with Crippen LogP contribution < -0.4 is 5.32 Å². The summed E-state index contributed by atoms with van der Waals surface area (Å²) in [4.78, 5) is 0. The second-order valence-electron chi connectivity index (χ2n) is 4.45. The van der Waals surface area contributed by atoms with Crippen molar-refractivity contribution in [2.45, 2.75) is 46.6 Å². The molecule has 0 aliphatic carbocycles. The van der Waals surface area contributed by atoms with Crippen LogP contribution in [0.25, 0.3) is 0 Å². The highest BCUT2D eigenvalue weighted by Gasteiger charge is 2.12. The minimum absolute atomic E-state index is 0.349. The van der Waals surface area contributed by atoms with E-state index in [-0.39, 0.29) is 0 Å². The molecule has 0 amide bonds. The maximum absolute atomic E-state index is 5.25. The molecular formula is C11H21N. The van der Waals surface area contributed by atoms with Gasteiger partial charge >= 0.3 is 0 Å². The monoisotopic (exact) mass is 167 g/mol. The molecule has 0 saturated heterocycles. The fourth-order valence-corrected chi connectivity index (χ4v) is 0.954. The zero-order chi connectivity index (χ0) is 9.61. The predicted molar refractivity (Wildman–Crippen MR) is 55.0 cm³/mol. The van der Waals surface area contributed by atoms with E-state index in [2.05, 4.69) is 38.9 Å². The Morgan fingerprint density at radius 3 is 2.33 bits per heavy atom. The summed E-state index contributed by atoms with van der Waals surface area (Å²) in [7, 11) is 0. The Labute approximate surface area is 76.9 Å². The second-order valence-corrected chi connectivity index (χ2v) is 4.45. The van der Waals surface area contributed by atoms with Gasteiger partial charge in [-0.15, -0.1) is 12.3 Å². The van der Waals surface area contributed by atoms with Crippen LogP contribution in [0.3, 0.4) is 0 Å². The Kier molecular flexibility index (Phi) is 5.01. The summed E-state index contributed by atoms with van der Waals surface area (Å²) in [6.07, 6.45) is 7.21. The average molecular weight is 167 g/mol. The standard InChI is InChI=1S/C11H21N/c1-6-8-10(7-2)12-9-11(3,4)5/h1,10,12H,7-9H2,2-5H3. The van der Waals surface area contributed by atoms with Crippen molar-refractivity contribution in [2.24, 2.45) is 5.41 Å². The maximum Gasteiger partial charge on any atom is 0.0240 e. The number of terminal acetylenes is 1. The zero-order valence-electron chi connectivity index (χ0n) is 8.78. The molecule has 1 heteroatoms. The molecule has 1 nitrogen and oxygen atoms in total. The van der Waals surface area contributed by atoms with Gasteiger partial charge in [0.25, 0.3) is 0 Å². The molecule has 0 saturated carbocycles. The number of hydrogen-bond donors (Lipinski definition) is 1. The largest absolute Gasteiger partial charge is 0.313 e. The molecule has 1 N–H and O–H groups in total. The number of hydrogen-bond acceptors (Lipinski definition) is 1. The number of rotatable bonds is 4.